The number of nitrogens with one attached hydrogen (secondary N) is 2. The number of benzene rings is 1. The zero-order valence-electron chi connectivity index (χ0n) is 16.7. The lowest BCUT2D eigenvalue weighted by Gasteiger charge is -2.27. The molecule has 0 bridgehead atoms. The van der Waals surface area contributed by atoms with E-state index in [0.717, 1.165) is 49.7 Å². The van der Waals surface area contributed by atoms with Gasteiger partial charge in [-0.05, 0) is 69.1 Å². The van der Waals surface area contributed by atoms with Crippen molar-refractivity contribution in [1.29, 1.82) is 0 Å². The summed E-state index contributed by atoms with van der Waals surface area (Å²) in [6, 6.07) is 8.77. The first-order valence-corrected chi connectivity index (χ1v) is 11.4. The normalized spacial score (nSPS) is 22.0. The summed E-state index contributed by atoms with van der Waals surface area (Å²) in [7, 11) is 1.73. The van der Waals surface area contributed by atoms with Crippen molar-refractivity contribution in [3.8, 4) is 5.75 Å². The van der Waals surface area contributed by atoms with E-state index in [4.69, 9.17) is 9.73 Å². The van der Waals surface area contributed by atoms with Gasteiger partial charge in [0.2, 0.25) is 0 Å². The molecule has 2 fully saturated rings. The van der Waals surface area contributed by atoms with Gasteiger partial charge < -0.3 is 15.4 Å². The van der Waals surface area contributed by atoms with Gasteiger partial charge >= 0.3 is 0 Å². The highest BCUT2D eigenvalue weighted by Crippen LogP contribution is 2.28. The average Bonchev–Trinajstić information content (AvgIpc) is 3.40. The molecule has 2 unspecified atom stereocenters. The monoisotopic (exact) mass is 390 g/mol. The molecule has 6 heteroatoms. The molecule has 5 nitrogen and oxygen atoms in total. The van der Waals surface area contributed by atoms with Crippen molar-refractivity contribution in [3.05, 3.63) is 29.8 Å². The summed E-state index contributed by atoms with van der Waals surface area (Å²) in [6.07, 6.45) is 5.22. The number of thioether (sulfide) groups is 1. The largest absolute Gasteiger partial charge is 0.497 e. The van der Waals surface area contributed by atoms with Gasteiger partial charge in [-0.1, -0.05) is 12.1 Å². The summed E-state index contributed by atoms with van der Waals surface area (Å²) in [5.74, 6) is 3.16. The van der Waals surface area contributed by atoms with Gasteiger partial charge in [-0.15, -0.1) is 0 Å². The molecule has 2 heterocycles. The van der Waals surface area contributed by atoms with Crippen LogP contribution in [0.5, 0.6) is 5.75 Å². The molecule has 0 radical (unpaired) electrons. The second-order valence-electron chi connectivity index (χ2n) is 7.27. The fraction of sp³-hybridized carbons (Fsp3) is 0.667. The number of guanidine groups is 1. The van der Waals surface area contributed by atoms with Crippen LogP contribution in [0, 0.1) is 0 Å². The van der Waals surface area contributed by atoms with Crippen LogP contribution < -0.4 is 15.4 Å². The molecule has 1 aromatic carbocycles. The number of likely N-dealkylation sites (tertiary alicyclic amines) is 1. The summed E-state index contributed by atoms with van der Waals surface area (Å²) < 4.78 is 5.45. The van der Waals surface area contributed by atoms with E-state index in [9.17, 15) is 0 Å². The number of methoxy groups -OCH3 is 1. The van der Waals surface area contributed by atoms with Crippen molar-refractivity contribution in [2.24, 2.45) is 4.99 Å². The van der Waals surface area contributed by atoms with Crippen LogP contribution in [0.1, 0.15) is 44.2 Å². The molecule has 2 N–H and O–H groups in total. The quantitative estimate of drug-likeness (QED) is 0.527. The second-order valence-corrected chi connectivity index (χ2v) is 8.68. The number of aliphatic imine (C=N–C) groups is 1. The molecule has 2 atom stereocenters. The Morgan fingerprint density at radius 1 is 1.30 bits per heavy atom. The average molecular weight is 391 g/mol. The third-order valence-corrected chi connectivity index (χ3v) is 6.75. The number of hydrogen-bond acceptors (Lipinski definition) is 4. The Morgan fingerprint density at radius 2 is 2.15 bits per heavy atom. The van der Waals surface area contributed by atoms with Crippen LogP contribution in [0.2, 0.25) is 0 Å². The molecule has 150 valence electrons. The highest BCUT2D eigenvalue weighted by atomic mass is 32.2. The minimum atomic E-state index is 0.305. The zero-order valence-corrected chi connectivity index (χ0v) is 17.6. The predicted molar refractivity (Wildman–Crippen MR) is 116 cm³/mol. The highest BCUT2D eigenvalue weighted by Gasteiger charge is 2.24. The molecule has 0 saturated carbocycles. The fourth-order valence-electron chi connectivity index (χ4n) is 3.87. The van der Waals surface area contributed by atoms with E-state index in [0.29, 0.717) is 6.04 Å². The molecule has 27 heavy (non-hydrogen) atoms. The molecule has 1 aromatic rings. The van der Waals surface area contributed by atoms with E-state index in [1.54, 1.807) is 7.11 Å². The van der Waals surface area contributed by atoms with Crippen molar-refractivity contribution in [3.63, 3.8) is 0 Å². The first-order valence-electron chi connectivity index (χ1n) is 10.3. The minimum absolute atomic E-state index is 0.305. The van der Waals surface area contributed by atoms with E-state index in [1.807, 2.05) is 6.07 Å². The van der Waals surface area contributed by atoms with E-state index in [2.05, 4.69) is 52.4 Å². The maximum absolute atomic E-state index is 5.45. The van der Waals surface area contributed by atoms with E-state index < -0.39 is 0 Å². The number of nitrogens with zero attached hydrogens (tertiary/aromatic N) is 2. The van der Waals surface area contributed by atoms with Gasteiger partial charge in [-0.3, -0.25) is 9.89 Å². The predicted octanol–water partition coefficient (Wildman–Crippen LogP) is 3.28. The lowest BCUT2D eigenvalue weighted by atomic mass is 10.1. The fourth-order valence-corrected chi connectivity index (χ4v) is 5.07. The van der Waals surface area contributed by atoms with Crippen molar-refractivity contribution in [2.75, 3.05) is 45.6 Å². The summed E-state index contributed by atoms with van der Waals surface area (Å²) in [4.78, 5) is 7.52. The maximum Gasteiger partial charge on any atom is 0.191 e. The molecule has 2 saturated heterocycles. The minimum Gasteiger partial charge on any atom is -0.497 e. The highest BCUT2D eigenvalue weighted by molar-refractivity contribution is 8.00. The summed E-state index contributed by atoms with van der Waals surface area (Å²) in [5, 5.41) is 7.69. The Kier molecular flexibility index (Phi) is 8.14. The molecule has 0 amide bonds. The van der Waals surface area contributed by atoms with Gasteiger partial charge in [0.05, 0.1) is 19.7 Å². The zero-order chi connectivity index (χ0) is 18.9. The Labute approximate surface area is 168 Å². The Hall–Kier alpha value is -1.40. The van der Waals surface area contributed by atoms with Gasteiger partial charge in [0, 0.05) is 18.3 Å². The standard InChI is InChI=1S/C21H34N4OS/c1-3-22-21(23-15-19-10-7-13-27-19)24-16-20(25-11-4-5-12-25)17-8-6-9-18(14-17)26-2/h6,8-9,14,19-20H,3-5,7,10-13,15-16H2,1-2H3,(H2,22,23,24). The van der Waals surface area contributed by atoms with Crippen LogP contribution in [0.25, 0.3) is 0 Å². The van der Waals surface area contributed by atoms with Crippen LogP contribution in [0.3, 0.4) is 0 Å². The molecule has 0 aliphatic carbocycles. The Bertz CT molecular complexity index is 598. The van der Waals surface area contributed by atoms with Gasteiger partial charge in [-0.2, -0.15) is 11.8 Å². The molecular formula is C21H34N4OS. The molecule has 0 aromatic heterocycles. The van der Waals surface area contributed by atoms with Crippen molar-refractivity contribution in [2.45, 2.75) is 43.9 Å². The van der Waals surface area contributed by atoms with Gasteiger partial charge in [0.1, 0.15) is 5.75 Å². The molecule has 0 spiro atoms. The summed E-state index contributed by atoms with van der Waals surface area (Å²) >= 11 is 2.08. The third-order valence-electron chi connectivity index (χ3n) is 5.35. The molecule has 2 aliphatic rings. The van der Waals surface area contributed by atoms with Gasteiger partial charge in [-0.25, -0.2) is 0 Å². The second kappa shape index (κ2) is 10.8. The number of hydrogen-bond donors (Lipinski definition) is 2. The summed E-state index contributed by atoms with van der Waals surface area (Å²) in [5.41, 5.74) is 1.29. The topological polar surface area (TPSA) is 48.9 Å². The molecule has 3 rings (SSSR count). The first-order chi connectivity index (χ1) is 13.3. The molecular weight excluding hydrogens is 356 g/mol. The van der Waals surface area contributed by atoms with Crippen molar-refractivity contribution in [1.82, 2.24) is 15.5 Å². The van der Waals surface area contributed by atoms with E-state index in [1.165, 1.54) is 37.0 Å². The number of ether oxygens (including phenoxy) is 1. The Morgan fingerprint density at radius 3 is 2.85 bits per heavy atom. The lowest BCUT2D eigenvalue weighted by molar-refractivity contribution is 0.251. The summed E-state index contributed by atoms with van der Waals surface area (Å²) in [6.45, 7) is 7.09. The first kappa shape index (κ1) is 20.3. The SMILES string of the molecule is CCNC(=NCC(c1cccc(OC)c1)N1CCCC1)NCC1CCCS1. The smallest absolute Gasteiger partial charge is 0.191 e. The van der Waals surface area contributed by atoms with Crippen molar-refractivity contribution >= 4 is 17.7 Å². The van der Waals surface area contributed by atoms with Crippen LogP contribution in [0.15, 0.2) is 29.3 Å². The van der Waals surface area contributed by atoms with Gasteiger partial charge in [0.15, 0.2) is 5.96 Å². The van der Waals surface area contributed by atoms with Crippen LogP contribution in [-0.4, -0.2) is 61.7 Å². The maximum atomic E-state index is 5.45. The number of rotatable bonds is 8. The van der Waals surface area contributed by atoms with Gasteiger partial charge in [0.25, 0.3) is 0 Å². The lowest BCUT2D eigenvalue weighted by Crippen LogP contribution is -2.41. The van der Waals surface area contributed by atoms with E-state index >= 15 is 0 Å². The van der Waals surface area contributed by atoms with Crippen LogP contribution in [0.4, 0.5) is 0 Å². The third kappa shape index (κ3) is 6.04. The Balaban J connectivity index is 1.69. The van der Waals surface area contributed by atoms with E-state index in [-0.39, 0.29) is 0 Å². The van der Waals surface area contributed by atoms with Crippen molar-refractivity contribution < 1.29 is 4.74 Å². The molecule has 2 aliphatic heterocycles. The van der Waals surface area contributed by atoms with Crippen LogP contribution in [-0.2, 0) is 0 Å². The van der Waals surface area contributed by atoms with Crippen LogP contribution >= 0.6 is 11.8 Å².